The standard InChI is InChI=1S/C6H9N/c1-6-3-4-7(2)5-6/h6H,5H2,1-2H3. The van der Waals surface area contributed by atoms with Crippen LogP contribution in [0.25, 0.3) is 0 Å². The molecule has 0 spiro atoms. The maximum absolute atomic E-state index is 3.05. The van der Waals surface area contributed by atoms with E-state index in [0.29, 0.717) is 5.92 Å². The fourth-order valence-corrected chi connectivity index (χ4v) is 0.722. The van der Waals surface area contributed by atoms with Crippen LogP contribution in [0.15, 0.2) is 0 Å². The zero-order valence-corrected chi connectivity index (χ0v) is 4.73. The van der Waals surface area contributed by atoms with Crippen LogP contribution in [0.4, 0.5) is 0 Å². The Morgan fingerprint density at radius 2 is 2.43 bits per heavy atom. The van der Waals surface area contributed by atoms with E-state index in [9.17, 15) is 0 Å². The van der Waals surface area contributed by atoms with Gasteiger partial charge >= 0.3 is 0 Å². The quantitative estimate of drug-likeness (QED) is 0.397. The molecule has 38 valence electrons. The van der Waals surface area contributed by atoms with Crippen LogP contribution in [0.1, 0.15) is 6.92 Å². The third kappa shape index (κ3) is 0.866. The highest BCUT2D eigenvalue weighted by Gasteiger charge is 2.04. The molecule has 1 aliphatic heterocycles. The summed E-state index contributed by atoms with van der Waals surface area (Å²) in [7, 11) is 2.01. The van der Waals surface area contributed by atoms with Crippen molar-refractivity contribution >= 4 is 0 Å². The average Bonchev–Trinajstić information content (AvgIpc) is 1.87. The lowest BCUT2D eigenvalue weighted by molar-refractivity contribution is 0.465. The van der Waals surface area contributed by atoms with Gasteiger partial charge in [-0.25, -0.2) is 0 Å². The van der Waals surface area contributed by atoms with Gasteiger partial charge in [0.2, 0.25) is 0 Å². The van der Waals surface area contributed by atoms with Crippen LogP contribution in [-0.2, 0) is 0 Å². The zero-order chi connectivity index (χ0) is 5.28. The number of nitrogens with zero attached hydrogens (tertiary/aromatic N) is 1. The first kappa shape index (κ1) is 4.52. The monoisotopic (exact) mass is 95.1 g/mol. The molecule has 0 aromatic heterocycles. The van der Waals surface area contributed by atoms with Crippen LogP contribution >= 0.6 is 0 Å². The van der Waals surface area contributed by atoms with Gasteiger partial charge in [0.15, 0.2) is 0 Å². The van der Waals surface area contributed by atoms with Crippen molar-refractivity contribution in [2.75, 3.05) is 13.6 Å². The molecule has 0 radical (unpaired) electrons. The largest absolute Gasteiger partial charge is 0.334 e. The van der Waals surface area contributed by atoms with Crippen LogP contribution in [0, 0.1) is 17.9 Å². The molecule has 0 aromatic rings. The first-order valence-corrected chi connectivity index (χ1v) is 2.51. The second kappa shape index (κ2) is 1.46. The van der Waals surface area contributed by atoms with Crippen molar-refractivity contribution in [2.45, 2.75) is 6.92 Å². The third-order valence-corrected chi connectivity index (χ3v) is 1.05. The van der Waals surface area contributed by atoms with Crippen molar-refractivity contribution in [1.29, 1.82) is 0 Å². The van der Waals surface area contributed by atoms with E-state index in [1.807, 2.05) is 11.9 Å². The molecule has 1 atom stereocenters. The Morgan fingerprint density at radius 3 is 2.57 bits per heavy atom. The minimum atomic E-state index is 0.588. The summed E-state index contributed by atoms with van der Waals surface area (Å²) in [5.41, 5.74) is 0. The SMILES string of the molecule is CC1C#CN(C)C1. The van der Waals surface area contributed by atoms with E-state index in [0.717, 1.165) is 6.54 Å². The molecule has 1 aliphatic rings. The van der Waals surface area contributed by atoms with Crippen LogP contribution in [-0.4, -0.2) is 18.5 Å². The van der Waals surface area contributed by atoms with Gasteiger partial charge < -0.3 is 4.90 Å². The molecule has 1 unspecified atom stereocenters. The lowest BCUT2D eigenvalue weighted by atomic mass is 10.2. The number of hydrogen-bond donors (Lipinski definition) is 0. The van der Waals surface area contributed by atoms with E-state index in [1.54, 1.807) is 0 Å². The fourth-order valence-electron chi connectivity index (χ4n) is 0.722. The molecular weight excluding hydrogens is 86.1 g/mol. The van der Waals surface area contributed by atoms with Gasteiger partial charge in [0.05, 0.1) is 0 Å². The predicted molar refractivity (Wildman–Crippen MR) is 29.6 cm³/mol. The molecule has 1 nitrogen and oxygen atoms in total. The molecule has 0 aliphatic carbocycles. The Kier molecular flexibility index (Phi) is 0.941. The van der Waals surface area contributed by atoms with E-state index < -0.39 is 0 Å². The minimum absolute atomic E-state index is 0.588. The second-order valence-corrected chi connectivity index (χ2v) is 2.04. The predicted octanol–water partition coefficient (Wildman–Crippen LogP) is 0.529. The van der Waals surface area contributed by atoms with E-state index in [4.69, 9.17) is 0 Å². The van der Waals surface area contributed by atoms with E-state index in [-0.39, 0.29) is 0 Å². The molecule has 0 saturated heterocycles. The van der Waals surface area contributed by atoms with Crippen molar-refractivity contribution in [3.05, 3.63) is 0 Å². The summed E-state index contributed by atoms with van der Waals surface area (Å²) in [6.07, 6.45) is 0. The molecule has 1 heteroatoms. The maximum Gasteiger partial charge on any atom is 0.0393 e. The molecule has 0 saturated carbocycles. The van der Waals surface area contributed by atoms with Crippen molar-refractivity contribution in [2.24, 2.45) is 5.92 Å². The summed E-state index contributed by atoms with van der Waals surface area (Å²) in [6.45, 7) is 3.22. The highest BCUT2D eigenvalue weighted by Crippen LogP contribution is 1.99. The molecule has 0 bridgehead atoms. The van der Waals surface area contributed by atoms with Crippen molar-refractivity contribution < 1.29 is 0 Å². The maximum atomic E-state index is 3.05. The lowest BCUT2D eigenvalue weighted by Gasteiger charge is -2.03. The molecule has 0 N–H and O–H groups in total. The van der Waals surface area contributed by atoms with Gasteiger partial charge in [-0.2, -0.15) is 0 Å². The Hall–Kier alpha value is -0.640. The summed E-state index contributed by atoms with van der Waals surface area (Å²) in [5.74, 6) is 3.63. The van der Waals surface area contributed by atoms with Crippen molar-refractivity contribution in [1.82, 2.24) is 4.90 Å². The van der Waals surface area contributed by atoms with Gasteiger partial charge in [-0.3, -0.25) is 0 Å². The Morgan fingerprint density at radius 1 is 1.71 bits per heavy atom. The topological polar surface area (TPSA) is 3.24 Å². The third-order valence-electron chi connectivity index (χ3n) is 1.05. The Labute approximate surface area is 44.3 Å². The van der Waals surface area contributed by atoms with E-state index in [1.165, 1.54) is 0 Å². The summed E-state index contributed by atoms with van der Waals surface area (Å²) in [6, 6.07) is 2.95. The lowest BCUT2D eigenvalue weighted by Crippen LogP contribution is -2.11. The van der Waals surface area contributed by atoms with Gasteiger partial charge in [-0.1, -0.05) is 5.92 Å². The number of rotatable bonds is 0. The van der Waals surface area contributed by atoms with Gasteiger partial charge in [0.1, 0.15) is 0 Å². The summed E-state index contributed by atoms with van der Waals surface area (Å²) in [5, 5.41) is 0. The molecule has 1 heterocycles. The van der Waals surface area contributed by atoms with Gasteiger partial charge in [-0.15, -0.1) is 0 Å². The van der Waals surface area contributed by atoms with Crippen LogP contribution in [0.3, 0.4) is 0 Å². The number of hydrogen-bond acceptors (Lipinski definition) is 1. The minimum Gasteiger partial charge on any atom is -0.334 e. The van der Waals surface area contributed by atoms with Crippen LogP contribution < -0.4 is 0 Å². The fraction of sp³-hybridized carbons (Fsp3) is 0.667. The first-order chi connectivity index (χ1) is 3.29. The van der Waals surface area contributed by atoms with Crippen LogP contribution in [0.2, 0.25) is 0 Å². The summed E-state index contributed by atoms with van der Waals surface area (Å²) < 4.78 is 0. The zero-order valence-electron chi connectivity index (χ0n) is 4.73. The molecule has 1 rings (SSSR count). The second-order valence-electron chi connectivity index (χ2n) is 2.04. The molecule has 0 fully saturated rings. The Balaban J connectivity index is 2.48. The highest BCUT2D eigenvalue weighted by molar-refractivity contribution is 5.08. The van der Waals surface area contributed by atoms with E-state index >= 15 is 0 Å². The van der Waals surface area contributed by atoms with Crippen LogP contribution in [0.5, 0.6) is 0 Å². The highest BCUT2D eigenvalue weighted by atomic mass is 15.1. The van der Waals surface area contributed by atoms with Gasteiger partial charge in [0.25, 0.3) is 0 Å². The van der Waals surface area contributed by atoms with Crippen molar-refractivity contribution in [3.8, 4) is 12.0 Å². The smallest absolute Gasteiger partial charge is 0.0393 e. The van der Waals surface area contributed by atoms with Gasteiger partial charge in [-0.05, 0) is 6.92 Å². The average molecular weight is 95.1 g/mol. The normalized spacial score (nSPS) is 27.1. The van der Waals surface area contributed by atoms with Crippen molar-refractivity contribution in [3.63, 3.8) is 0 Å². The first-order valence-electron chi connectivity index (χ1n) is 2.51. The molecule has 0 amide bonds. The summed E-state index contributed by atoms with van der Waals surface area (Å²) >= 11 is 0. The molecule has 0 aromatic carbocycles. The van der Waals surface area contributed by atoms with E-state index in [2.05, 4.69) is 18.9 Å². The molecular formula is C6H9N. The Bertz CT molecular complexity index is 106. The van der Waals surface area contributed by atoms with Gasteiger partial charge in [0, 0.05) is 25.6 Å². The molecule has 7 heavy (non-hydrogen) atoms. The summed E-state index contributed by atoms with van der Waals surface area (Å²) in [4.78, 5) is 2.02.